The van der Waals surface area contributed by atoms with Gasteiger partial charge in [-0.05, 0) is 12.1 Å². The molecule has 0 bridgehead atoms. The highest BCUT2D eigenvalue weighted by Gasteiger charge is 2.16. The number of nitrogen functional groups attached to an aromatic ring is 1. The summed E-state index contributed by atoms with van der Waals surface area (Å²) in [7, 11) is 0. The van der Waals surface area contributed by atoms with E-state index in [0.717, 1.165) is 11.1 Å². The van der Waals surface area contributed by atoms with E-state index in [1.54, 1.807) is 0 Å². The molecule has 0 amide bonds. The average Bonchev–Trinajstić information content (AvgIpc) is 3.06. The van der Waals surface area contributed by atoms with Crippen LogP contribution in [-0.4, -0.2) is 10.2 Å². The van der Waals surface area contributed by atoms with Gasteiger partial charge in [-0.2, -0.15) is 0 Å². The number of rotatable bonds is 1. The lowest BCUT2D eigenvalue weighted by Gasteiger charge is -2.01. The first kappa shape index (κ1) is 11.6. The lowest BCUT2D eigenvalue weighted by atomic mass is 10.1. The molecule has 3 heteroatoms. The number of hydrogen-bond acceptors (Lipinski definition) is 1. The lowest BCUT2D eigenvalue weighted by molar-refractivity contribution is 1.36. The smallest absolute Gasteiger partial charge is 0.122 e. The highest BCUT2D eigenvalue weighted by atomic mass is 14.9. The number of amidine groups is 1. The molecule has 0 unspecified atom stereocenters. The van der Waals surface area contributed by atoms with Crippen LogP contribution in [0.25, 0.3) is 38.1 Å². The summed E-state index contributed by atoms with van der Waals surface area (Å²) < 4.78 is 2.29. The van der Waals surface area contributed by atoms with Crippen molar-refractivity contribution in [2.45, 2.75) is 0 Å². The van der Waals surface area contributed by atoms with Gasteiger partial charge in [0.15, 0.2) is 0 Å². The van der Waals surface area contributed by atoms with Gasteiger partial charge >= 0.3 is 0 Å². The van der Waals surface area contributed by atoms with Crippen LogP contribution in [0, 0.1) is 5.41 Å². The summed E-state index contributed by atoms with van der Waals surface area (Å²) in [5.74, 6) is 0.103. The lowest BCUT2D eigenvalue weighted by Crippen LogP contribution is -2.10. The van der Waals surface area contributed by atoms with E-state index >= 15 is 0 Å². The van der Waals surface area contributed by atoms with E-state index in [0.29, 0.717) is 0 Å². The van der Waals surface area contributed by atoms with Gasteiger partial charge in [0.05, 0.1) is 16.6 Å². The number of nitrogens with two attached hydrogens (primary N) is 1. The van der Waals surface area contributed by atoms with Gasteiger partial charge in [0.2, 0.25) is 0 Å². The average molecular weight is 283 g/mol. The van der Waals surface area contributed by atoms with Crippen LogP contribution in [-0.2, 0) is 0 Å². The van der Waals surface area contributed by atoms with E-state index < -0.39 is 0 Å². The molecule has 0 aliphatic carbocycles. The Balaban J connectivity index is 2.16. The molecule has 22 heavy (non-hydrogen) atoms. The van der Waals surface area contributed by atoms with Gasteiger partial charge in [-0.25, -0.2) is 0 Å². The van der Waals surface area contributed by atoms with E-state index in [9.17, 15) is 0 Å². The summed E-state index contributed by atoms with van der Waals surface area (Å²) in [5.41, 5.74) is 9.99. The molecule has 0 aliphatic heterocycles. The number of nitrogens with zero attached hydrogens (tertiary/aromatic N) is 1. The van der Waals surface area contributed by atoms with Crippen LogP contribution in [0.1, 0.15) is 5.56 Å². The number of nitrogens with one attached hydrogen (secondary N) is 1. The summed E-state index contributed by atoms with van der Waals surface area (Å²) in [4.78, 5) is 0. The Bertz CT molecular complexity index is 1200. The Morgan fingerprint density at radius 1 is 0.773 bits per heavy atom. The topological polar surface area (TPSA) is 54.3 Å². The van der Waals surface area contributed by atoms with Gasteiger partial charge in [-0.1, -0.05) is 48.5 Å². The van der Waals surface area contributed by atoms with Crippen LogP contribution in [0.15, 0.2) is 60.7 Å². The summed E-state index contributed by atoms with van der Waals surface area (Å²) in [6.07, 6.45) is 0. The Morgan fingerprint density at radius 2 is 1.45 bits per heavy atom. The maximum Gasteiger partial charge on any atom is 0.122 e. The molecule has 0 saturated carbocycles. The van der Waals surface area contributed by atoms with E-state index in [4.69, 9.17) is 11.1 Å². The molecule has 3 nitrogen and oxygen atoms in total. The third-order valence-corrected chi connectivity index (χ3v) is 4.53. The summed E-state index contributed by atoms with van der Waals surface area (Å²) in [5, 5.41) is 12.7. The molecule has 0 aliphatic rings. The number of aromatic nitrogens is 1. The van der Waals surface area contributed by atoms with Crippen molar-refractivity contribution in [2.24, 2.45) is 5.73 Å². The molecule has 0 radical (unpaired) electrons. The summed E-state index contributed by atoms with van der Waals surface area (Å²) in [6, 6.07) is 20.9. The van der Waals surface area contributed by atoms with Crippen LogP contribution in [0.4, 0.5) is 0 Å². The molecule has 2 heterocycles. The molecular formula is C19H13N3. The van der Waals surface area contributed by atoms with Crippen molar-refractivity contribution in [3.05, 3.63) is 66.2 Å². The maximum atomic E-state index is 7.70. The minimum absolute atomic E-state index is 0.103. The van der Waals surface area contributed by atoms with Crippen molar-refractivity contribution in [1.29, 1.82) is 5.41 Å². The molecule has 0 saturated heterocycles. The van der Waals surface area contributed by atoms with Crippen LogP contribution in [0.2, 0.25) is 0 Å². The minimum Gasteiger partial charge on any atom is -0.384 e. The van der Waals surface area contributed by atoms with Crippen molar-refractivity contribution < 1.29 is 0 Å². The van der Waals surface area contributed by atoms with Gasteiger partial charge < -0.3 is 10.1 Å². The highest BCUT2D eigenvalue weighted by molar-refractivity contribution is 6.23. The van der Waals surface area contributed by atoms with Crippen molar-refractivity contribution in [2.75, 3.05) is 0 Å². The van der Waals surface area contributed by atoms with Crippen molar-refractivity contribution >= 4 is 43.9 Å². The van der Waals surface area contributed by atoms with Gasteiger partial charge in [-0.3, -0.25) is 5.41 Å². The highest BCUT2D eigenvalue weighted by Crippen LogP contribution is 2.38. The third kappa shape index (κ3) is 1.24. The van der Waals surface area contributed by atoms with Crippen LogP contribution >= 0.6 is 0 Å². The van der Waals surface area contributed by atoms with Crippen molar-refractivity contribution in [3.63, 3.8) is 0 Å². The molecular weight excluding hydrogens is 270 g/mol. The predicted octanol–water partition coefficient (Wildman–Crippen LogP) is 4.12. The third-order valence-electron chi connectivity index (χ3n) is 4.53. The maximum absolute atomic E-state index is 7.70. The molecule has 0 fully saturated rings. The first-order valence-corrected chi connectivity index (χ1v) is 7.27. The Hall–Kier alpha value is -3.07. The molecule has 3 aromatic carbocycles. The molecule has 2 aromatic heterocycles. The SMILES string of the molecule is N=C(N)c1ccc2c3cccc4c5ccccc5n(c2c1)c43. The monoisotopic (exact) mass is 283 g/mol. The van der Waals surface area contributed by atoms with Crippen molar-refractivity contribution in [1.82, 2.24) is 4.40 Å². The molecule has 0 atom stereocenters. The Labute approximate surface area is 126 Å². The summed E-state index contributed by atoms with van der Waals surface area (Å²) >= 11 is 0. The second kappa shape index (κ2) is 3.77. The van der Waals surface area contributed by atoms with Crippen LogP contribution < -0.4 is 5.73 Å². The van der Waals surface area contributed by atoms with E-state index in [1.165, 1.54) is 32.6 Å². The van der Waals surface area contributed by atoms with Gasteiger partial charge in [0.1, 0.15) is 5.84 Å². The zero-order chi connectivity index (χ0) is 14.8. The first-order chi connectivity index (χ1) is 10.8. The van der Waals surface area contributed by atoms with Crippen LogP contribution in [0.3, 0.4) is 0 Å². The molecule has 0 spiro atoms. The number of benzene rings is 3. The summed E-state index contributed by atoms with van der Waals surface area (Å²) in [6.45, 7) is 0. The fourth-order valence-corrected chi connectivity index (χ4v) is 3.60. The molecule has 104 valence electrons. The fraction of sp³-hybridized carbons (Fsp3) is 0. The number of para-hydroxylation sites is 2. The van der Waals surface area contributed by atoms with E-state index in [1.807, 2.05) is 12.1 Å². The largest absolute Gasteiger partial charge is 0.384 e. The van der Waals surface area contributed by atoms with E-state index in [2.05, 4.69) is 52.9 Å². The fourth-order valence-electron chi connectivity index (χ4n) is 3.60. The number of fused-ring (bicyclic) bond motifs is 6. The van der Waals surface area contributed by atoms with Crippen LogP contribution in [0.5, 0.6) is 0 Å². The normalized spacial score (nSPS) is 12.0. The molecule has 5 aromatic rings. The zero-order valence-electron chi connectivity index (χ0n) is 11.8. The number of hydrogen-bond donors (Lipinski definition) is 2. The zero-order valence-corrected chi connectivity index (χ0v) is 11.8. The minimum atomic E-state index is 0.103. The van der Waals surface area contributed by atoms with Gasteiger partial charge in [-0.15, -0.1) is 0 Å². The first-order valence-electron chi connectivity index (χ1n) is 7.27. The van der Waals surface area contributed by atoms with E-state index in [-0.39, 0.29) is 5.84 Å². The van der Waals surface area contributed by atoms with Crippen molar-refractivity contribution in [3.8, 4) is 0 Å². The Kier molecular flexibility index (Phi) is 1.98. The Morgan fingerprint density at radius 3 is 2.23 bits per heavy atom. The standard InChI is InChI=1S/C19H13N3/c20-19(21)11-8-9-13-15-6-3-5-14-12-4-1-2-7-16(12)22(18(14)15)17(13)10-11/h1-10H,(H3,20,21). The van der Waals surface area contributed by atoms with Gasteiger partial charge in [0, 0.05) is 27.1 Å². The second-order valence-corrected chi connectivity index (χ2v) is 5.70. The molecule has 5 rings (SSSR count). The molecule has 3 N–H and O–H groups in total. The second-order valence-electron chi connectivity index (χ2n) is 5.70. The quantitative estimate of drug-likeness (QED) is 0.353. The predicted molar refractivity (Wildman–Crippen MR) is 92.1 cm³/mol. The van der Waals surface area contributed by atoms with Gasteiger partial charge in [0.25, 0.3) is 0 Å².